The van der Waals surface area contributed by atoms with E-state index >= 15 is 4.39 Å². The van der Waals surface area contributed by atoms with Crippen LogP contribution in [-0.2, 0) is 0 Å². The molecule has 0 aliphatic carbocycles. The lowest BCUT2D eigenvalue weighted by atomic mass is 9.99. The van der Waals surface area contributed by atoms with E-state index in [1.54, 1.807) is 23.1 Å². The van der Waals surface area contributed by atoms with Gasteiger partial charge in [-0.15, -0.1) is 12.4 Å². The maximum Gasteiger partial charge on any atom is 0.341 e. The number of carboxylic acids is 1. The van der Waals surface area contributed by atoms with Crippen LogP contribution in [-0.4, -0.2) is 30.3 Å². The molecule has 37 heavy (non-hydrogen) atoms. The molecular formula is C29H27ClF2N2O3. The van der Waals surface area contributed by atoms with Crippen LogP contribution < -0.4 is 15.0 Å². The van der Waals surface area contributed by atoms with E-state index in [1.807, 2.05) is 18.2 Å². The number of benzene rings is 4. The molecule has 0 radical (unpaired) electrons. The second-order valence-corrected chi connectivity index (χ2v) is 8.91. The fourth-order valence-electron chi connectivity index (χ4n) is 4.82. The van der Waals surface area contributed by atoms with E-state index in [0.29, 0.717) is 30.9 Å². The van der Waals surface area contributed by atoms with Gasteiger partial charge in [0.1, 0.15) is 23.2 Å². The molecule has 8 heteroatoms. The number of carbonyl (C=O) groups is 1. The van der Waals surface area contributed by atoms with Crippen LogP contribution in [0.25, 0.3) is 10.8 Å². The summed E-state index contributed by atoms with van der Waals surface area (Å²) in [6.07, 6.45) is 0.346. The number of nitrogens with zero attached hydrogens (tertiary/aromatic N) is 1. The molecule has 0 aromatic heterocycles. The Hall–Kier alpha value is -3.68. The van der Waals surface area contributed by atoms with Crippen LogP contribution in [0.1, 0.15) is 35.3 Å². The normalized spacial score (nSPS) is 15.4. The standard InChI is InChI=1S/C29H26F2N2O3.ClH/c1-18(21-10-6-8-19-7-2-3-9-22(19)21)32-16-15-20-17-33(24-11-4-5-12-26(24)36-20)25-14-13-23(30)27(28(25)31)29(34)35;/h2-14,18,20,32H,15-17H2,1H3,(H,34,35);1H/t18-,20?;/m1./s1. The van der Waals surface area contributed by atoms with Gasteiger partial charge in [-0.1, -0.05) is 54.6 Å². The Morgan fingerprint density at radius 3 is 2.57 bits per heavy atom. The quantitative estimate of drug-likeness (QED) is 0.276. The minimum atomic E-state index is -1.64. The molecule has 0 spiro atoms. The fraction of sp³-hybridized carbons (Fsp3) is 0.207. The lowest BCUT2D eigenvalue weighted by molar-refractivity contribution is 0.0686. The molecule has 2 N–H and O–H groups in total. The van der Waals surface area contributed by atoms with Gasteiger partial charge in [0.15, 0.2) is 5.82 Å². The molecule has 1 unspecified atom stereocenters. The predicted molar refractivity (Wildman–Crippen MR) is 143 cm³/mol. The first kappa shape index (κ1) is 26.4. The van der Waals surface area contributed by atoms with E-state index in [4.69, 9.17) is 4.74 Å². The number of carboxylic acid groups (broad SMARTS) is 1. The first-order valence-corrected chi connectivity index (χ1v) is 11.9. The number of para-hydroxylation sites is 2. The number of hydrogen-bond donors (Lipinski definition) is 2. The van der Waals surface area contributed by atoms with Crippen LogP contribution in [0.3, 0.4) is 0 Å². The van der Waals surface area contributed by atoms with Crippen molar-refractivity contribution in [3.8, 4) is 5.75 Å². The number of rotatable bonds is 7. The lowest BCUT2D eigenvalue weighted by Crippen LogP contribution is -2.39. The summed E-state index contributed by atoms with van der Waals surface area (Å²) >= 11 is 0. The number of aromatic carboxylic acids is 1. The van der Waals surface area contributed by atoms with Crippen LogP contribution in [0, 0.1) is 11.6 Å². The zero-order valence-corrected chi connectivity index (χ0v) is 21.0. The maximum atomic E-state index is 15.1. The molecule has 5 nitrogen and oxygen atoms in total. The van der Waals surface area contributed by atoms with Gasteiger partial charge in [0, 0.05) is 6.04 Å². The summed E-state index contributed by atoms with van der Waals surface area (Å²) < 4.78 is 35.4. The SMILES string of the molecule is C[C@@H](NCCC1CN(c2ccc(F)c(C(=O)O)c2F)c2ccccc2O1)c1cccc2ccccc12.Cl. The summed E-state index contributed by atoms with van der Waals surface area (Å²) in [5.41, 5.74) is 0.858. The van der Waals surface area contributed by atoms with E-state index in [-0.39, 0.29) is 30.2 Å². The largest absolute Gasteiger partial charge is 0.486 e. The molecule has 192 valence electrons. The summed E-state index contributed by atoms with van der Waals surface area (Å²) in [4.78, 5) is 13.1. The van der Waals surface area contributed by atoms with E-state index in [2.05, 4.69) is 42.6 Å². The third-order valence-corrected chi connectivity index (χ3v) is 6.62. The van der Waals surface area contributed by atoms with Gasteiger partial charge in [0.05, 0.1) is 17.9 Å². The van der Waals surface area contributed by atoms with Crippen molar-refractivity contribution < 1.29 is 23.4 Å². The van der Waals surface area contributed by atoms with Crippen molar-refractivity contribution in [2.24, 2.45) is 0 Å². The third kappa shape index (κ3) is 5.24. The first-order valence-electron chi connectivity index (χ1n) is 11.9. The van der Waals surface area contributed by atoms with Crippen molar-refractivity contribution in [3.63, 3.8) is 0 Å². The number of halogens is 3. The van der Waals surface area contributed by atoms with Gasteiger partial charge in [-0.3, -0.25) is 0 Å². The second-order valence-electron chi connectivity index (χ2n) is 8.91. The number of ether oxygens (including phenoxy) is 1. The Bertz CT molecular complexity index is 1430. The van der Waals surface area contributed by atoms with Gasteiger partial charge < -0.3 is 20.1 Å². The van der Waals surface area contributed by atoms with Crippen molar-refractivity contribution in [1.29, 1.82) is 0 Å². The molecule has 0 amide bonds. The highest BCUT2D eigenvalue weighted by atomic mass is 35.5. The van der Waals surface area contributed by atoms with Gasteiger partial charge in [0.25, 0.3) is 0 Å². The summed E-state index contributed by atoms with van der Waals surface area (Å²) in [6, 6.07) is 24.1. The van der Waals surface area contributed by atoms with Crippen molar-refractivity contribution >= 4 is 40.5 Å². The molecule has 2 atom stereocenters. The minimum absolute atomic E-state index is 0. The topological polar surface area (TPSA) is 61.8 Å². The van der Waals surface area contributed by atoms with Crippen molar-refractivity contribution in [2.75, 3.05) is 18.0 Å². The average Bonchev–Trinajstić information content (AvgIpc) is 2.88. The molecule has 4 aromatic carbocycles. The van der Waals surface area contributed by atoms with Gasteiger partial charge in [0.2, 0.25) is 0 Å². The molecule has 0 fully saturated rings. The molecule has 0 saturated carbocycles. The highest BCUT2D eigenvalue weighted by Crippen LogP contribution is 2.40. The number of nitrogens with one attached hydrogen (secondary N) is 1. The lowest BCUT2D eigenvalue weighted by Gasteiger charge is -2.37. The first-order chi connectivity index (χ1) is 17.4. The Kier molecular flexibility index (Phi) is 7.95. The van der Waals surface area contributed by atoms with Gasteiger partial charge >= 0.3 is 5.97 Å². The second kappa shape index (κ2) is 11.2. The third-order valence-electron chi connectivity index (χ3n) is 6.62. The van der Waals surface area contributed by atoms with E-state index in [1.165, 1.54) is 22.4 Å². The highest BCUT2D eigenvalue weighted by molar-refractivity contribution is 5.90. The predicted octanol–water partition coefficient (Wildman–Crippen LogP) is 6.88. The summed E-state index contributed by atoms with van der Waals surface area (Å²) in [5, 5.41) is 15.3. The van der Waals surface area contributed by atoms with Crippen LogP contribution in [0.4, 0.5) is 20.2 Å². The Labute approximate surface area is 220 Å². The summed E-state index contributed by atoms with van der Waals surface area (Å²) in [5.74, 6) is -3.28. The molecule has 0 bridgehead atoms. The Morgan fingerprint density at radius 1 is 1.03 bits per heavy atom. The number of fused-ring (bicyclic) bond motifs is 2. The average molecular weight is 525 g/mol. The smallest absolute Gasteiger partial charge is 0.341 e. The van der Waals surface area contributed by atoms with Gasteiger partial charge in [-0.2, -0.15) is 0 Å². The van der Waals surface area contributed by atoms with Crippen LogP contribution in [0.2, 0.25) is 0 Å². The van der Waals surface area contributed by atoms with Crippen LogP contribution >= 0.6 is 12.4 Å². The molecule has 1 aliphatic heterocycles. The van der Waals surface area contributed by atoms with E-state index < -0.39 is 23.2 Å². The molecule has 0 saturated heterocycles. The fourth-order valence-corrected chi connectivity index (χ4v) is 4.82. The highest BCUT2D eigenvalue weighted by Gasteiger charge is 2.30. The van der Waals surface area contributed by atoms with Crippen molar-refractivity contribution in [1.82, 2.24) is 5.32 Å². The number of anilines is 2. The zero-order valence-electron chi connectivity index (χ0n) is 20.2. The van der Waals surface area contributed by atoms with Crippen molar-refractivity contribution in [3.05, 3.63) is 102 Å². The summed E-state index contributed by atoms with van der Waals surface area (Å²) in [7, 11) is 0. The molecule has 1 heterocycles. The van der Waals surface area contributed by atoms with Crippen molar-refractivity contribution in [2.45, 2.75) is 25.5 Å². The molecular weight excluding hydrogens is 498 g/mol. The Balaban J connectivity index is 0.00000320. The Morgan fingerprint density at radius 2 is 1.76 bits per heavy atom. The molecule has 4 aromatic rings. The monoisotopic (exact) mass is 524 g/mol. The molecule has 5 rings (SSSR count). The van der Waals surface area contributed by atoms with Gasteiger partial charge in [-0.05, 0) is 60.5 Å². The minimum Gasteiger partial charge on any atom is -0.486 e. The number of hydrogen-bond acceptors (Lipinski definition) is 4. The van der Waals surface area contributed by atoms with Crippen LogP contribution in [0.15, 0.2) is 78.9 Å². The molecule has 1 aliphatic rings. The van der Waals surface area contributed by atoms with Crippen LogP contribution in [0.5, 0.6) is 5.75 Å². The zero-order chi connectivity index (χ0) is 25.2. The summed E-state index contributed by atoms with van der Waals surface area (Å²) in [6.45, 7) is 3.06. The van der Waals surface area contributed by atoms with Gasteiger partial charge in [-0.25, -0.2) is 13.6 Å². The van der Waals surface area contributed by atoms with E-state index in [0.717, 1.165) is 6.07 Å². The maximum absolute atomic E-state index is 15.1. The van der Waals surface area contributed by atoms with E-state index in [9.17, 15) is 14.3 Å².